The highest BCUT2D eigenvalue weighted by atomic mass is 32.2. The SMILES string of the molecule is O=C(C1=C(c2ccccc2)SCCO1)N(Cc1cccs1)C1CCS(=O)(=O)C1. The van der Waals surface area contributed by atoms with Gasteiger partial charge in [-0.05, 0) is 23.4 Å². The molecule has 3 heterocycles. The number of ether oxygens (including phenoxy) is 1. The Labute approximate surface area is 173 Å². The van der Waals surface area contributed by atoms with Crippen LogP contribution in [0.3, 0.4) is 0 Å². The van der Waals surface area contributed by atoms with E-state index in [0.717, 1.165) is 21.1 Å². The molecular weight excluding hydrogens is 414 g/mol. The van der Waals surface area contributed by atoms with Crippen molar-refractivity contribution >= 4 is 43.7 Å². The molecule has 2 aromatic rings. The maximum Gasteiger partial charge on any atom is 0.290 e. The van der Waals surface area contributed by atoms with E-state index in [4.69, 9.17) is 4.74 Å². The number of hydrogen-bond acceptors (Lipinski definition) is 6. The van der Waals surface area contributed by atoms with Gasteiger partial charge in [-0.25, -0.2) is 8.42 Å². The highest BCUT2D eigenvalue weighted by Gasteiger charge is 2.37. The molecule has 28 heavy (non-hydrogen) atoms. The summed E-state index contributed by atoms with van der Waals surface area (Å²) >= 11 is 3.18. The third-order valence-electron chi connectivity index (χ3n) is 4.83. The minimum atomic E-state index is -3.10. The van der Waals surface area contributed by atoms with Crippen molar-refractivity contribution < 1.29 is 17.9 Å². The number of benzene rings is 1. The summed E-state index contributed by atoms with van der Waals surface area (Å²) in [6, 6.07) is 13.3. The molecule has 1 fully saturated rings. The zero-order valence-electron chi connectivity index (χ0n) is 15.2. The lowest BCUT2D eigenvalue weighted by atomic mass is 10.1. The van der Waals surface area contributed by atoms with Crippen LogP contribution in [-0.4, -0.2) is 49.1 Å². The fourth-order valence-electron chi connectivity index (χ4n) is 3.47. The minimum absolute atomic E-state index is 0.0191. The molecule has 1 atom stereocenters. The van der Waals surface area contributed by atoms with Gasteiger partial charge in [-0.1, -0.05) is 36.4 Å². The van der Waals surface area contributed by atoms with E-state index in [1.807, 2.05) is 47.8 Å². The number of hydrogen-bond donors (Lipinski definition) is 0. The first kappa shape index (κ1) is 19.5. The quantitative estimate of drug-likeness (QED) is 0.720. The zero-order valence-corrected chi connectivity index (χ0v) is 17.7. The molecule has 1 amide bonds. The van der Waals surface area contributed by atoms with Crippen molar-refractivity contribution in [1.29, 1.82) is 0 Å². The molecule has 5 nitrogen and oxygen atoms in total. The summed E-state index contributed by atoms with van der Waals surface area (Å²) in [7, 11) is -3.10. The summed E-state index contributed by atoms with van der Waals surface area (Å²) < 4.78 is 29.9. The summed E-state index contributed by atoms with van der Waals surface area (Å²) in [4.78, 5) is 17.1. The average molecular weight is 436 g/mol. The monoisotopic (exact) mass is 435 g/mol. The number of amides is 1. The van der Waals surface area contributed by atoms with Crippen LogP contribution in [0.5, 0.6) is 0 Å². The molecule has 2 aliphatic rings. The van der Waals surface area contributed by atoms with Gasteiger partial charge >= 0.3 is 0 Å². The maximum atomic E-state index is 13.5. The molecule has 4 rings (SSSR count). The highest BCUT2D eigenvalue weighted by molar-refractivity contribution is 8.08. The van der Waals surface area contributed by atoms with Gasteiger partial charge in [-0.15, -0.1) is 23.1 Å². The van der Waals surface area contributed by atoms with Crippen LogP contribution in [0, 0.1) is 0 Å². The first-order valence-electron chi connectivity index (χ1n) is 9.12. The van der Waals surface area contributed by atoms with Crippen LogP contribution in [-0.2, 0) is 25.9 Å². The number of thiophene rings is 1. The molecule has 0 bridgehead atoms. The van der Waals surface area contributed by atoms with Crippen molar-refractivity contribution in [3.63, 3.8) is 0 Å². The Balaban J connectivity index is 1.70. The topological polar surface area (TPSA) is 63.7 Å². The van der Waals surface area contributed by atoms with Crippen molar-refractivity contribution in [2.45, 2.75) is 19.0 Å². The van der Waals surface area contributed by atoms with Gasteiger partial charge < -0.3 is 9.64 Å². The van der Waals surface area contributed by atoms with Crippen LogP contribution < -0.4 is 0 Å². The van der Waals surface area contributed by atoms with Crippen molar-refractivity contribution in [1.82, 2.24) is 4.90 Å². The van der Waals surface area contributed by atoms with Crippen LogP contribution in [0.4, 0.5) is 0 Å². The molecule has 1 aromatic heterocycles. The predicted octanol–water partition coefficient (Wildman–Crippen LogP) is 3.40. The standard InChI is InChI=1S/C20H21NO4S3/c22-20(18-19(27-11-9-25-18)15-5-2-1-3-6-15)21(13-17-7-4-10-26-17)16-8-12-28(23,24)14-16/h1-7,10,16H,8-9,11-14H2. The third kappa shape index (κ3) is 4.29. The lowest BCUT2D eigenvalue weighted by Gasteiger charge is -2.30. The van der Waals surface area contributed by atoms with Crippen LogP contribution in [0.1, 0.15) is 16.9 Å². The molecule has 0 saturated carbocycles. The predicted molar refractivity (Wildman–Crippen MR) is 114 cm³/mol. The molecule has 0 spiro atoms. The van der Waals surface area contributed by atoms with Gasteiger partial charge in [0.05, 0.1) is 29.6 Å². The Bertz CT molecular complexity index is 968. The van der Waals surface area contributed by atoms with Gasteiger partial charge in [-0.3, -0.25) is 4.79 Å². The lowest BCUT2D eigenvalue weighted by Crippen LogP contribution is -2.42. The van der Waals surface area contributed by atoms with Crippen molar-refractivity contribution in [3.05, 3.63) is 64.0 Å². The van der Waals surface area contributed by atoms with Gasteiger partial charge in [0.1, 0.15) is 0 Å². The summed E-state index contributed by atoms with van der Waals surface area (Å²) in [5.74, 6) is 1.05. The average Bonchev–Trinajstić information content (AvgIpc) is 3.35. The Morgan fingerprint density at radius 1 is 1.18 bits per heavy atom. The van der Waals surface area contributed by atoms with E-state index in [1.54, 1.807) is 28.0 Å². The Morgan fingerprint density at radius 3 is 2.68 bits per heavy atom. The molecular formula is C20H21NO4S3. The molecule has 8 heteroatoms. The second-order valence-electron chi connectivity index (χ2n) is 6.79. The Morgan fingerprint density at radius 2 is 2.00 bits per heavy atom. The van der Waals surface area contributed by atoms with Crippen LogP contribution in [0.15, 0.2) is 53.6 Å². The molecule has 2 aliphatic heterocycles. The number of nitrogens with zero attached hydrogens (tertiary/aromatic N) is 1. The fourth-order valence-corrected chi connectivity index (χ4v) is 6.85. The number of carbonyl (C=O) groups is 1. The van der Waals surface area contributed by atoms with Crippen molar-refractivity contribution in [3.8, 4) is 0 Å². The third-order valence-corrected chi connectivity index (χ3v) is 8.52. The van der Waals surface area contributed by atoms with Crippen molar-refractivity contribution in [2.24, 2.45) is 0 Å². The van der Waals surface area contributed by atoms with E-state index in [2.05, 4.69) is 0 Å². The van der Waals surface area contributed by atoms with Gasteiger partial charge in [-0.2, -0.15) is 0 Å². The summed E-state index contributed by atoms with van der Waals surface area (Å²) in [5, 5.41) is 1.96. The van der Waals surface area contributed by atoms with Crippen LogP contribution in [0.2, 0.25) is 0 Å². The molecule has 1 aromatic carbocycles. The maximum absolute atomic E-state index is 13.5. The van der Waals surface area contributed by atoms with Gasteiger partial charge in [0.25, 0.3) is 5.91 Å². The normalized spacial score (nSPS) is 21.4. The van der Waals surface area contributed by atoms with Crippen molar-refractivity contribution in [2.75, 3.05) is 23.9 Å². The summed E-state index contributed by atoms with van der Waals surface area (Å²) in [5.41, 5.74) is 0.950. The summed E-state index contributed by atoms with van der Waals surface area (Å²) in [6.07, 6.45) is 0.473. The number of carbonyl (C=O) groups excluding carboxylic acids is 1. The highest BCUT2D eigenvalue weighted by Crippen LogP contribution is 2.36. The Hall–Kier alpha value is -1.77. The molecule has 1 unspecified atom stereocenters. The fraction of sp³-hybridized carbons (Fsp3) is 0.350. The lowest BCUT2D eigenvalue weighted by molar-refractivity contribution is -0.133. The minimum Gasteiger partial charge on any atom is -0.486 e. The molecule has 148 valence electrons. The zero-order chi connectivity index (χ0) is 19.6. The van der Waals surface area contributed by atoms with E-state index < -0.39 is 9.84 Å². The van der Waals surface area contributed by atoms with Crippen LogP contribution in [0.25, 0.3) is 4.91 Å². The first-order chi connectivity index (χ1) is 13.5. The number of thioether (sulfide) groups is 1. The summed E-state index contributed by atoms with van der Waals surface area (Å²) in [6.45, 7) is 0.869. The van der Waals surface area contributed by atoms with E-state index in [9.17, 15) is 13.2 Å². The molecule has 1 saturated heterocycles. The van der Waals surface area contributed by atoms with E-state index in [1.165, 1.54) is 0 Å². The molecule has 0 radical (unpaired) electrons. The van der Waals surface area contributed by atoms with E-state index in [0.29, 0.717) is 25.3 Å². The Kier molecular flexibility index (Phi) is 5.80. The molecule has 0 N–H and O–H groups in total. The van der Waals surface area contributed by atoms with Crippen LogP contribution >= 0.6 is 23.1 Å². The van der Waals surface area contributed by atoms with Gasteiger partial charge in [0.15, 0.2) is 15.6 Å². The molecule has 0 aliphatic carbocycles. The second kappa shape index (κ2) is 8.31. The van der Waals surface area contributed by atoms with Gasteiger partial charge in [0, 0.05) is 16.7 Å². The number of rotatable bonds is 5. The largest absolute Gasteiger partial charge is 0.486 e. The van der Waals surface area contributed by atoms with E-state index in [-0.39, 0.29) is 23.5 Å². The smallest absolute Gasteiger partial charge is 0.290 e. The van der Waals surface area contributed by atoms with E-state index >= 15 is 0 Å². The second-order valence-corrected chi connectivity index (χ2v) is 11.2. The first-order valence-corrected chi connectivity index (χ1v) is 12.8. The number of sulfone groups is 1. The van der Waals surface area contributed by atoms with Gasteiger partial charge in [0.2, 0.25) is 0 Å².